The normalized spacial score (nSPS) is 15.8. The van der Waals surface area contributed by atoms with Crippen molar-refractivity contribution in [3.05, 3.63) is 77.6 Å². The topological polar surface area (TPSA) is 88.6 Å². The summed E-state index contributed by atoms with van der Waals surface area (Å²) in [5, 5.41) is 3.06. The molecule has 1 amide bonds. The number of ether oxygens (including phenoxy) is 1. The number of halogens is 1. The van der Waals surface area contributed by atoms with Crippen molar-refractivity contribution in [2.45, 2.75) is 17.9 Å². The van der Waals surface area contributed by atoms with Gasteiger partial charge in [-0.2, -0.15) is 0 Å². The van der Waals surface area contributed by atoms with E-state index < -0.39 is 22.0 Å². The molecule has 4 rings (SSSR count). The molecule has 0 fully saturated rings. The maximum atomic E-state index is 13.4. The highest BCUT2D eigenvalue weighted by atomic mass is 35.5. The van der Waals surface area contributed by atoms with E-state index in [1.54, 1.807) is 42.6 Å². The van der Waals surface area contributed by atoms with Gasteiger partial charge in [0.2, 0.25) is 0 Å². The number of sulfonamides is 1. The highest BCUT2D eigenvalue weighted by molar-refractivity contribution is 7.92. The van der Waals surface area contributed by atoms with Crippen LogP contribution in [0.2, 0.25) is 5.02 Å². The number of rotatable bonds is 4. The lowest BCUT2D eigenvalue weighted by atomic mass is 10.2. The van der Waals surface area contributed by atoms with Crippen molar-refractivity contribution in [1.82, 2.24) is 4.98 Å². The lowest BCUT2D eigenvalue weighted by molar-refractivity contribution is -0.122. The van der Waals surface area contributed by atoms with Crippen molar-refractivity contribution < 1.29 is 17.9 Å². The summed E-state index contributed by atoms with van der Waals surface area (Å²) in [5.74, 6) is -0.222. The monoisotopic (exact) mass is 443 g/mol. The number of amides is 1. The van der Waals surface area contributed by atoms with Crippen LogP contribution in [0, 0.1) is 6.92 Å². The van der Waals surface area contributed by atoms with Gasteiger partial charge < -0.3 is 10.1 Å². The van der Waals surface area contributed by atoms with Crippen LogP contribution in [0.4, 0.5) is 11.4 Å². The Kier molecular flexibility index (Phi) is 5.36. The van der Waals surface area contributed by atoms with Gasteiger partial charge in [0.15, 0.2) is 6.10 Å². The quantitative estimate of drug-likeness (QED) is 0.665. The summed E-state index contributed by atoms with van der Waals surface area (Å²) in [4.78, 5) is 16.9. The van der Waals surface area contributed by atoms with Crippen molar-refractivity contribution in [1.29, 1.82) is 0 Å². The number of fused-ring (bicyclic) bond motifs is 1. The van der Waals surface area contributed by atoms with Gasteiger partial charge in [-0.3, -0.25) is 14.1 Å². The van der Waals surface area contributed by atoms with E-state index >= 15 is 0 Å². The third-order valence-corrected chi connectivity index (χ3v) is 6.65. The molecule has 2 aromatic carbocycles. The highest BCUT2D eigenvalue weighted by Crippen LogP contribution is 2.39. The molecular formula is C21H18ClN3O4S. The number of nitrogens with zero attached hydrogens (tertiary/aromatic N) is 2. The van der Waals surface area contributed by atoms with Crippen LogP contribution in [0.15, 0.2) is 71.9 Å². The van der Waals surface area contributed by atoms with Crippen LogP contribution in [0.3, 0.4) is 0 Å². The predicted octanol–water partition coefficient (Wildman–Crippen LogP) is 3.64. The summed E-state index contributed by atoms with van der Waals surface area (Å²) in [6.45, 7) is 1.68. The third-order valence-electron chi connectivity index (χ3n) is 4.62. The van der Waals surface area contributed by atoms with Crippen LogP contribution in [0.1, 0.15) is 5.56 Å². The first-order valence-electron chi connectivity index (χ1n) is 9.11. The summed E-state index contributed by atoms with van der Waals surface area (Å²) in [6.07, 6.45) is 2.02. The third kappa shape index (κ3) is 3.96. The molecule has 3 aromatic rings. The molecule has 0 aliphatic carbocycles. The average Bonchev–Trinajstić information content (AvgIpc) is 2.74. The molecule has 9 heteroatoms. The van der Waals surface area contributed by atoms with Crippen molar-refractivity contribution in [2.75, 3.05) is 16.2 Å². The number of hydrogen-bond donors (Lipinski definition) is 1. The number of carbonyl (C=O) groups is 1. The number of aryl methyl sites for hydroxylation is 1. The van der Waals surface area contributed by atoms with E-state index in [2.05, 4.69) is 10.3 Å². The summed E-state index contributed by atoms with van der Waals surface area (Å²) >= 11 is 6.10. The Morgan fingerprint density at radius 3 is 2.67 bits per heavy atom. The van der Waals surface area contributed by atoms with Gasteiger partial charge in [0.25, 0.3) is 15.9 Å². The minimum absolute atomic E-state index is 0.118. The Bertz CT molecular complexity index is 1180. The number of hydrogen-bond acceptors (Lipinski definition) is 5. The van der Waals surface area contributed by atoms with Gasteiger partial charge in [0, 0.05) is 11.2 Å². The van der Waals surface area contributed by atoms with Crippen molar-refractivity contribution in [3.8, 4) is 5.75 Å². The van der Waals surface area contributed by atoms with Gasteiger partial charge in [-0.1, -0.05) is 29.3 Å². The molecule has 30 heavy (non-hydrogen) atoms. The van der Waals surface area contributed by atoms with E-state index in [1.807, 2.05) is 6.92 Å². The molecule has 154 valence electrons. The molecule has 0 saturated carbocycles. The molecule has 0 saturated heterocycles. The number of nitrogens with one attached hydrogen (secondary N) is 1. The number of carbonyl (C=O) groups excluding carboxylic acids is 1. The average molecular weight is 444 g/mol. The molecule has 2 heterocycles. The SMILES string of the molecule is Cc1ccc(S(=O)(=O)N2C[C@@H](C(=O)Nc3cccnc3)Oc3ccc(Cl)cc32)cc1. The predicted molar refractivity (Wildman–Crippen MR) is 114 cm³/mol. The number of pyridine rings is 1. The van der Waals surface area contributed by atoms with Gasteiger partial charge in [-0.25, -0.2) is 8.42 Å². The molecule has 0 bridgehead atoms. The largest absolute Gasteiger partial charge is 0.476 e. The van der Waals surface area contributed by atoms with Crippen LogP contribution in [0.5, 0.6) is 5.75 Å². The first-order valence-corrected chi connectivity index (χ1v) is 10.9. The Labute approximate surface area is 179 Å². The van der Waals surface area contributed by atoms with Crippen LogP contribution >= 0.6 is 11.6 Å². The van der Waals surface area contributed by atoms with E-state index in [4.69, 9.17) is 16.3 Å². The van der Waals surface area contributed by atoms with Gasteiger partial charge in [0.1, 0.15) is 5.75 Å². The van der Waals surface area contributed by atoms with Crippen LogP contribution in [0.25, 0.3) is 0 Å². The Morgan fingerprint density at radius 1 is 1.20 bits per heavy atom. The smallest absolute Gasteiger partial charge is 0.267 e. The van der Waals surface area contributed by atoms with Gasteiger partial charge in [-0.15, -0.1) is 0 Å². The zero-order valence-corrected chi connectivity index (χ0v) is 17.5. The van der Waals surface area contributed by atoms with Crippen LogP contribution < -0.4 is 14.4 Å². The first-order chi connectivity index (χ1) is 14.3. The number of aromatic nitrogens is 1. The van der Waals surface area contributed by atoms with E-state index in [-0.39, 0.29) is 22.9 Å². The Morgan fingerprint density at radius 2 is 1.97 bits per heavy atom. The number of anilines is 2. The molecule has 0 spiro atoms. The van der Waals surface area contributed by atoms with E-state index in [1.165, 1.54) is 24.4 Å². The molecule has 1 aliphatic rings. The van der Waals surface area contributed by atoms with Gasteiger partial charge in [-0.05, 0) is 49.4 Å². The van der Waals surface area contributed by atoms with Crippen molar-refractivity contribution in [2.24, 2.45) is 0 Å². The molecule has 1 aliphatic heterocycles. The fraction of sp³-hybridized carbons (Fsp3) is 0.143. The molecule has 1 N–H and O–H groups in total. The van der Waals surface area contributed by atoms with E-state index in [0.717, 1.165) is 9.87 Å². The van der Waals surface area contributed by atoms with Gasteiger partial charge in [0.05, 0.1) is 29.0 Å². The zero-order chi connectivity index (χ0) is 21.3. The second-order valence-electron chi connectivity index (χ2n) is 6.80. The number of benzene rings is 2. The summed E-state index contributed by atoms with van der Waals surface area (Å²) < 4.78 is 33.7. The van der Waals surface area contributed by atoms with E-state index in [9.17, 15) is 13.2 Å². The fourth-order valence-corrected chi connectivity index (χ4v) is 4.72. The Balaban J connectivity index is 1.71. The van der Waals surface area contributed by atoms with Gasteiger partial charge >= 0.3 is 0 Å². The van der Waals surface area contributed by atoms with Crippen molar-refractivity contribution in [3.63, 3.8) is 0 Å². The molecule has 0 unspecified atom stereocenters. The summed E-state index contributed by atoms with van der Waals surface area (Å²) in [5.41, 5.74) is 1.71. The molecule has 1 atom stereocenters. The lowest BCUT2D eigenvalue weighted by Crippen LogP contribution is -2.48. The molecule has 1 aromatic heterocycles. The van der Waals surface area contributed by atoms with Crippen LogP contribution in [-0.4, -0.2) is 32.0 Å². The lowest BCUT2D eigenvalue weighted by Gasteiger charge is -2.34. The Hall–Kier alpha value is -3.10. The van der Waals surface area contributed by atoms with E-state index in [0.29, 0.717) is 10.7 Å². The van der Waals surface area contributed by atoms with Crippen LogP contribution in [-0.2, 0) is 14.8 Å². The maximum absolute atomic E-state index is 13.4. The molecular weight excluding hydrogens is 426 g/mol. The minimum atomic E-state index is -3.95. The molecule has 0 radical (unpaired) electrons. The fourth-order valence-electron chi connectivity index (χ4n) is 3.09. The maximum Gasteiger partial charge on any atom is 0.267 e. The minimum Gasteiger partial charge on any atom is -0.476 e. The highest BCUT2D eigenvalue weighted by Gasteiger charge is 2.37. The summed E-state index contributed by atoms with van der Waals surface area (Å²) in [7, 11) is -3.95. The second kappa shape index (κ2) is 7.97. The first kappa shape index (κ1) is 20.2. The summed E-state index contributed by atoms with van der Waals surface area (Å²) in [6, 6.07) is 14.5. The standard InChI is InChI=1S/C21H18ClN3O4S/c1-14-4-7-17(8-5-14)30(27,28)25-13-20(21(26)24-16-3-2-10-23-12-16)29-19-9-6-15(22)11-18(19)25/h2-12,20H,13H2,1H3,(H,24,26)/t20-/m0/s1. The van der Waals surface area contributed by atoms with Crippen molar-refractivity contribution >= 4 is 38.9 Å². The second-order valence-corrected chi connectivity index (χ2v) is 9.10. The zero-order valence-electron chi connectivity index (χ0n) is 15.9. The molecule has 7 nitrogen and oxygen atoms in total.